The van der Waals surface area contributed by atoms with Crippen LogP contribution in [0.25, 0.3) is 0 Å². The average molecular weight is 416 g/mol. The van der Waals surface area contributed by atoms with Crippen LogP contribution in [0.1, 0.15) is 25.7 Å². The summed E-state index contributed by atoms with van der Waals surface area (Å²) in [4.78, 5) is 19.7. The third kappa shape index (κ3) is 5.04. The van der Waals surface area contributed by atoms with E-state index in [1.165, 1.54) is 6.33 Å². The summed E-state index contributed by atoms with van der Waals surface area (Å²) in [6.45, 7) is 1.20. The van der Waals surface area contributed by atoms with Gasteiger partial charge in [0.15, 0.2) is 0 Å². The maximum Gasteiger partial charge on any atom is 0.261 e. The van der Waals surface area contributed by atoms with Gasteiger partial charge < -0.3 is 9.80 Å². The minimum atomic E-state index is -3.67. The van der Waals surface area contributed by atoms with E-state index in [0.29, 0.717) is 18.0 Å². The number of amidine groups is 1. The lowest BCUT2D eigenvalue weighted by molar-refractivity contribution is -0.134. The van der Waals surface area contributed by atoms with Gasteiger partial charge in [-0.05, 0) is 25.2 Å². The van der Waals surface area contributed by atoms with Gasteiger partial charge in [-0.2, -0.15) is 13.5 Å². The molecule has 3 heterocycles. The van der Waals surface area contributed by atoms with Crippen LogP contribution in [0, 0.1) is 11.3 Å². The molecule has 156 valence electrons. The van der Waals surface area contributed by atoms with Crippen molar-refractivity contribution in [2.75, 3.05) is 19.3 Å². The van der Waals surface area contributed by atoms with Crippen LogP contribution in [0.2, 0.25) is 0 Å². The van der Waals surface area contributed by atoms with Crippen molar-refractivity contribution >= 4 is 21.9 Å². The number of rotatable bonds is 3. The zero-order valence-electron chi connectivity index (χ0n) is 15.6. The molecule has 2 N–H and O–H groups in total. The summed E-state index contributed by atoms with van der Waals surface area (Å²) in [5.74, 6) is 0.877. The van der Waals surface area contributed by atoms with Crippen molar-refractivity contribution in [1.82, 2.24) is 24.6 Å². The standard InChI is InChI=1S/C15H21FN6O.CH4O3S/c16-11-4-13-15(17)21(7-14(23)22(13)6-11)12-2-1-10(3-12)5-20-9-18-8-19-20;1-5(2,3)4/h8-13,17H,1-7H2;1H3,(H,2,3,4). The number of alkyl halides is 1. The largest absolute Gasteiger partial charge is 0.346 e. The predicted octanol–water partition coefficient (Wildman–Crippen LogP) is 0.183. The molecule has 1 saturated carbocycles. The highest BCUT2D eigenvalue weighted by Gasteiger charge is 2.46. The van der Waals surface area contributed by atoms with Crippen LogP contribution in [0.4, 0.5) is 4.39 Å². The number of aromatic nitrogens is 3. The lowest BCUT2D eigenvalue weighted by Gasteiger charge is -2.41. The number of nitrogens with one attached hydrogen (secondary N) is 1. The molecule has 1 aliphatic carbocycles. The number of halogens is 1. The summed E-state index contributed by atoms with van der Waals surface area (Å²) < 4.78 is 41.3. The Kier molecular flexibility index (Phi) is 5.98. The molecule has 12 heteroatoms. The number of carbonyl (C=O) groups excluding carboxylic acids is 1. The number of piperazine rings is 1. The van der Waals surface area contributed by atoms with Crippen LogP contribution in [0.3, 0.4) is 0 Å². The van der Waals surface area contributed by atoms with E-state index in [4.69, 9.17) is 9.96 Å². The highest BCUT2D eigenvalue weighted by Crippen LogP contribution is 2.34. The van der Waals surface area contributed by atoms with E-state index < -0.39 is 16.3 Å². The molecule has 4 atom stereocenters. The number of fused-ring (bicyclic) bond motifs is 1. The number of amides is 1. The lowest BCUT2D eigenvalue weighted by Crippen LogP contribution is -2.59. The van der Waals surface area contributed by atoms with Crippen LogP contribution >= 0.6 is 0 Å². The molecule has 0 bridgehead atoms. The molecule has 4 rings (SSSR count). The predicted molar refractivity (Wildman–Crippen MR) is 98.1 cm³/mol. The van der Waals surface area contributed by atoms with Crippen molar-refractivity contribution in [2.45, 2.75) is 50.5 Å². The van der Waals surface area contributed by atoms with E-state index in [1.54, 1.807) is 11.2 Å². The number of nitrogens with zero attached hydrogens (tertiary/aromatic N) is 5. The number of hydrogen-bond donors (Lipinski definition) is 2. The van der Waals surface area contributed by atoms with Crippen molar-refractivity contribution in [3.05, 3.63) is 12.7 Å². The molecule has 10 nitrogen and oxygen atoms in total. The second kappa shape index (κ2) is 8.11. The summed E-state index contributed by atoms with van der Waals surface area (Å²) in [5.41, 5.74) is 0. The molecule has 0 radical (unpaired) electrons. The molecule has 1 amide bonds. The fourth-order valence-corrected chi connectivity index (χ4v) is 4.25. The molecular formula is C16H25FN6O4S. The van der Waals surface area contributed by atoms with Crippen molar-refractivity contribution in [1.29, 1.82) is 5.41 Å². The Bertz CT molecular complexity index is 809. The summed E-state index contributed by atoms with van der Waals surface area (Å²) in [6.07, 6.45) is 6.23. The van der Waals surface area contributed by atoms with Gasteiger partial charge in [-0.15, -0.1) is 0 Å². The van der Waals surface area contributed by atoms with Crippen molar-refractivity contribution < 1.29 is 22.2 Å². The van der Waals surface area contributed by atoms with E-state index in [-0.39, 0.29) is 37.5 Å². The van der Waals surface area contributed by atoms with Crippen molar-refractivity contribution in [2.24, 2.45) is 5.92 Å². The maximum atomic E-state index is 13.6. The maximum absolute atomic E-state index is 13.6. The van der Waals surface area contributed by atoms with Gasteiger partial charge in [0.1, 0.15) is 24.7 Å². The highest BCUT2D eigenvalue weighted by atomic mass is 32.2. The Balaban J connectivity index is 0.000000403. The van der Waals surface area contributed by atoms with Gasteiger partial charge in [-0.1, -0.05) is 0 Å². The normalized spacial score (nSPS) is 30.2. The topological polar surface area (TPSA) is 132 Å². The first kappa shape index (κ1) is 20.6. The summed E-state index contributed by atoms with van der Waals surface area (Å²) in [7, 11) is -3.67. The summed E-state index contributed by atoms with van der Waals surface area (Å²) >= 11 is 0. The van der Waals surface area contributed by atoms with Crippen molar-refractivity contribution in [3.63, 3.8) is 0 Å². The Morgan fingerprint density at radius 1 is 1.32 bits per heavy atom. The third-order valence-electron chi connectivity index (χ3n) is 5.37. The molecule has 2 saturated heterocycles. The zero-order chi connectivity index (χ0) is 20.5. The van der Waals surface area contributed by atoms with E-state index in [0.717, 1.165) is 25.8 Å². The van der Waals surface area contributed by atoms with Gasteiger partial charge in [0.2, 0.25) is 5.91 Å². The minimum absolute atomic E-state index is 0.0362. The molecule has 1 aromatic heterocycles. The third-order valence-corrected chi connectivity index (χ3v) is 5.37. The van der Waals surface area contributed by atoms with Crippen molar-refractivity contribution in [3.8, 4) is 0 Å². The van der Waals surface area contributed by atoms with E-state index >= 15 is 0 Å². The second-order valence-electron chi connectivity index (χ2n) is 7.59. The van der Waals surface area contributed by atoms with Crippen LogP contribution in [-0.4, -0.2) is 86.9 Å². The van der Waals surface area contributed by atoms with Gasteiger partial charge in [0.05, 0.1) is 25.4 Å². The first-order chi connectivity index (χ1) is 13.1. The van der Waals surface area contributed by atoms with E-state index in [2.05, 4.69) is 10.1 Å². The molecule has 3 fully saturated rings. The van der Waals surface area contributed by atoms with Gasteiger partial charge in [0, 0.05) is 19.0 Å². The SMILES string of the molecule is CS(=O)(=O)O.N=C1C2CC(F)CN2C(=O)CN1C1CCC(Cn2cncn2)C1. The Morgan fingerprint density at radius 2 is 2.04 bits per heavy atom. The van der Waals surface area contributed by atoms with Crippen LogP contribution < -0.4 is 0 Å². The molecule has 4 unspecified atom stereocenters. The van der Waals surface area contributed by atoms with Gasteiger partial charge in [-0.25, -0.2) is 9.37 Å². The first-order valence-corrected chi connectivity index (χ1v) is 11.0. The van der Waals surface area contributed by atoms with Gasteiger partial charge in [0.25, 0.3) is 10.1 Å². The molecule has 0 aromatic carbocycles. The minimum Gasteiger partial charge on any atom is -0.346 e. The van der Waals surface area contributed by atoms with E-state index in [9.17, 15) is 17.6 Å². The van der Waals surface area contributed by atoms with Crippen LogP contribution in [-0.2, 0) is 21.5 Å². The molecule has 0 spiro atoms. The molecular weight excluding hydrogens is 391 g/mol. The molecule has 28 heavy (non-hydrogen) atoms. The zero-order valence-corrected chi connectivity index (χ0v) is 16.4. The van der Waals surface area contributed by atoms with Crippen LogP contribution in [0.5, 0.6) is 0 Å². The number of carbonyl (C=O) groups is 1. The van der Waals surface area contributed by atoms with E-state index in [1.807, 2.05) is 9.58 Å². The Labute approximate surface area is 163 Å². The highest BCUT2D eigenvalue weighted by molar-refractivity contribution is 7.85. The lowest BCUT2D eigenvalue weighted by atomic mass is 10.0. The molecule has 2 aliphatic heterocycles. The Morgan fingerprint density at radius 3 is 2.68 bits per heavy atom. The second-order valence-corrected chi connectivity index (χ2v) is 9.06. The van der Waals surface area contributed by atoms with Gasteiger partial charge >= 0.3 is 0 Å². The summed E-state index contributed by atoms with van der Waals surface area (Å²) in [6, 6.07) is -0.151. The Hall–Kier alpha value is -2.08. The summed E-state index contributed by atoms with van der Waals surface area (Å²) in [5, 5.41) is 12.6. The van der Waals surface area contributed by atoms with Crippen LogP contribution in [0.15, 0.2) is 12.7 Å². The van der Waals surface area contributed by atoms with Gasteiger partial charge in [-0.3, -0.25) is 19.4 Å². The fraction of sp³-hybridized carbons (Fsp3) is 0.750. The number of hydrogen-bond acceptors (Lipinski definition) is 6. The quantitative estimate of drug-likeness (QED) is 0.672. The smallest absolute Gasteiger partial charge is 0.261 e. The fourth-order valence-electron chi connectivity index (χ4n) is 4.25. The molecule has 3 aliphatic rings. The molecule has 1 aromatic rings. The average Bonchev–Trinajstić information content (AvgIpc) is 3.30. The first-order valence-electron chi connectivity index (χ1n) is 9.15. The monoisotopic (exact) mass is 416 g/mol.